The van der Waals surface area contributed by atoms with Crippen LogP contribution in [0, 0.1) is 6.92 Å². The summed E-state index contributed by atoms with van der Waals surface area (Å²) >= 11 is 3.44. The summed E-state index contributed by atoms with van der Waals surface area (Å²) in [4.78, 5) is 28.6. The van der Waals surface area contributed by atoms with E-state index in [0.29, 0.717) is 17.1 Å². The summed E-state index contributed by atoms with van der Waals surface area (Å²) in [6.07, 6.45) is 2.18. The second-order valence-electron chi connectivity index (χ2n) is 6.80. The number of nitrogens with zero attached hydrogens (tertiary/aromatic N) is 3. The van der Waals surface area contributed by atoms with Crippen molar-refractivity contribution in [3.05, 3.63) is 65.2 Å². The molecule has 2 amide bonds. The molecular formula is C21H22BrN5O3. The van der Waals surface area contributed by atoms with E-state index >= 15 is 0 Å². The van der Waals surface area contributed by atoms with Crippen LogP contribution >= 0.6 is 15.9 Å². The predicted octanol–water partition coefficient (Wildman–Crippen LogP) is 3.95. The van der Waals surface area contributed by atoms with Gasteiger partial charge in [0.2, 0.25) is 5.91 Å². The second-order valence-corrected chi connectivity index (χ2v) is 7.66. The Balaban J connectivity index is 1.55. The van der Waals surface area contributed by atoms with Gasteiger partial charge in [0.1, 0.15) is 24.4 Å². The fraction of sp³-hybridized carbons (Fsp3) is 0.238. The van der Waals surface area contributed by atoms with Crippen molar-refractivity contribution in [2.45, 2.75) is 32.9 Å². The summed E-state index contributed by atoms with van der Waals surface area (Å²) in [5, 5.41) is 9.57. The van der Waals surface area contributed by atoms with Gasteiger partial charge in [-0.25, -0.2) is 9.67 Å². The van der Waals surface area contributed by atoms with Crippen LogP contribution in [0.15, 0.2) is 59.6 Å². The summed E-state index contributed by atoms with van der Waals surface area (Å²) in [7, 11) is 0. The van der Waals surface area contributed by atoms with Crippen molar-refractivity contribution >= 4 is 39.1 Å². The number of amides is 2. The fourth-order valence-electron chi connectivity index (χ4n) is 2.61. The Bertz CT molecular complexity index is 1020. The largest absolute Gasteiger partial charge is 0.480 e. The van der Waals surface area contributed by atoms with Gasteiger partial charge in [-0.3, -0.25) is 9.59 Å². The third kappa shape index (κ3) is 5.44. The van der Waals surface area contributed by atoms with Crippen molar-refractivity contribution < 1.29 is 14.3 Å². The van der Waals surface area contributed by atoms with E-state index in [1.54, 1.807) is 38.1 Å². The molecule has 2 atom stereocenters. The molecule has 0 saturated carbocycles. The first-order valence-electron chi connectivity index (χ1n) is 9.32. The molecule has 0 bridgehead atoms. The van der Waals surface area contributed by atoms with Gasteiger partial charge in [0.05, 0.1) is 4.47 Å². The average molecular weight is 472 g/mol. The molecular weight excluding hydrogens is 450 g/mol. The van der Waals surface area contributed by atoms with Gasteiger partial charge in [-0.15, -0.1) is 0 Å². The maximum Gasteiger partial charge on any atom is 0.265 e. The lowest BCUT2D eigenvalue weighted by molar-refractivity contribution is -0.122. The summed E-state index contributed by atoms with van der Waals surface area (Å²) in [5.41, 5.74) is 2.30. The van der Waals surface area contributed by atoms with Crippen molar-refractivity contribution in [1.29, 1.82) is 0 Å². The van der Waals surface area contributed by atoms with E-state index in [9.17, 15) is 9.59 Å². The third-order valence-corrected chi connectivity index (χ3v) is 5.01. The highest BCUT2D eigenvalue weighted by molar-refractivity contribution is 9.10. The molecule has 1 heterocycles. The van der Waals surface area contributed by atoms with Crippen LogP contribution in [0.2, 0.25) is 0 Å². The first-order valence-corrected chi connectivity index (χ1v) is 10.1. The molecule has 2 unspecified atom stereocenters. The van der Waals surface area contributed by atoms with Gasteiger partial charge in [-0.2, -0.15) is 5.10 Å². The molecule has 156 valence electrons. The molecule has 0 aliphatic carbocycles. The molecule has 0 saturated heterocycles. The zero-order valence-corrected chi connectivity index (χ0v) is 18.4. The Morgan fingerprint density at radius 3 is 2.23 bits per heavy atom. The van der Waals surface area contributed by atoms with E-state index in [4.69, 9.17) is 4.74 Å². The number of hydrogen-bond acceptors (Lipinski definition) is 5. The van der Waals surface area contributed by atoms with Crippen LogP contribution in [0.1, 0.15) is 25.5 Å². The maximum absolute atomic E-state index is 12.4. The number of hydrogen-bond donors (Lipinski definition) is 2. The predicted molar refractivity (Wildman–Crippen MR) is 117 cm³/mol. The van der Waals surface area contributed by atoms with E-state index in [2.05, 4.69) is 36.6 Å². The second kappa shape index (κ2) is 9.53. The number of rotatable bonds is 7. The Hall–Kier alpha value is -3.20. The highest BCUT2D eigenvalue weighted by Crippen LogP contribution is 2.27. The third-order valence-electron chi connectivity index (χ3n) is 4.39. The number of aryl methyl sites for hydroxylation is 1. The quantitative estimate of drug-likeness (QED) is 0.543. The van der Waals surface area contributed by atoms with Gasteiger partial charge in [-0.05, 0) is 78.7 Å². The Morgan fingerprint density at radius 1 is 1.03 bits per heavy atom. The highest BCUT2D eigenvalue weighted by atomic mass is 79.9. The highest BCUT2D eigenvalue weighted by Gasteiger charge is 2.17. The zero-order chi connectivity index (χ0) is 21.7. The minimum Gasteiger partial charge on any atom is -0.480 e. The van der Waals surface area contributed by atoms with Gasteiger partial charge in [0, 0.05) is 11.4 Å². The van der Waals surface area contributed by atoms with Crippen molar-refractivity contribution in [2.24, 2.45) is 0 Å². The van der Waals surface area contributed by atoms with E-state index in [1.165, 1.54) is 17.3 Å². The molecule has 8 nitrogen and oxygen atoms in total. The van der Waals surface area contributed by atoms with Crippen LogP contribution in [0.4, 0.5) is 11.4 Å². The van der Waals surface area contributed by atoms with Gasteiger partial charge in [0.15, 0.2) is 6.10 Å². The number of halogens is 1. The molecule has 0 fully saturated rings. The standard InChI is InChI=1S/C21H22BrN5O3/c1-13-4-9-19(18(22)10-13)30-15(3)21(29)26-17-7-5-16(6-8-17)25-20(28)14(2)27-12-23-11-24-27/h4-12,14-15H,1-3H3,(H,25,28)(H,26,29). The molecule has 0 radical (unpaired) electrons. The van der Waals surface area contributed by atoms with Gasteiger partial charge in [-0.1, -0.05) is 6.07 Å². The number of ether oxygens (including phenoxy) is 1. The molecule has 3 rings (SSSR count). The van der Waals surface area contributed by atoms with Crippen LogP contribution in [-0.4, -0.2) is 32.7 Å². The molecule has 0 spiro atoms. The van der Waals surface area contributed by atoms with Gasteiger partial charge < -0.3 is 15.4 Å². The number of aromatic nitrogens is 3. The monoisotopic (exact) mass is 471 g/mol. The van der Waals surface area contributed by atoms with Crippen molar-refractivity contribution in [3.8, 4) is 5.75 Å². The Morgan fingerprint density at radius 2 is 1.67 bits per heavy atom. The summed E-state index contributed by atoms with van der Waals surface area (Å²) in [5.74, 6) is 0.102. The first kappa shape index (κ1) is 21.5. The summed E-state index contributed by atoms with van der Waals surface area (Å²) in [6, 6.07) is 12.0. The molecule has 0 aliphatic rings. The maximum atomic E-state index is 12.4. The van der Waals surface area contributed by atoms with Crippen molar-refractivity contribution in [1.82, 2.24) is 14.8 Å². The Kier molecular flexibility index (Phi) is 6.83. The van der Waals surface area contributed by atoms with E-state index in [0.717, 1.165) is 10.0 Å². The molecule has 3 aromatic rings. The molecule has 2 aromatic carbocycles. The molecule has 2 N–H and O–H groups in total. The SMILES string of the molecule is Cc1ccc(OC(C)C(=O)Nc2ccc(NC(=O)C(C)n3cncn3)cc2)c(Br)c1. The van der Waals surface area contributed by atoms with E-state index in [1.807, 2.05) is 25.1 Å². The number of nitrogens with one attached hydrogen (secondary N) is 2. The minimum atomic E-state index is -0.688. The fourth-order valence-corrected chi connectivity index (χ4v) is 3.20. The minimum absolute atomic E-state index is 0.219. The molecule has 1 aromatic heterocycles. The smallest absolute Gasteiger partial charge is 0.265 e. The number of carbonyl (C=O) groups excluding carboxylic acids is 2. The number of anilines is 2. The van der Waals surface area contributed by atoms with Crippen LogP contribution in [0.5, 0.6) is 5.75 Å². The lowest BCUT2D eigenvalue weighted by Crippen LogP contribution is -2.30. The lowest BCUT2D eigenvalue weighted by atomic mass is 10.2. The van der Waals surface area contributed by atoms with Crippen molar-refractivity contribution in [3.63, 3.8) is 0 Å². The average Bonchev–Trinajstić information content (AvgIpc) is 3.25. The van der Waals surface area contributed by atoms with Crippen LogP contribution in [0.25, 0.3) is 0 Å². The van der Waals surface area contributed by atoms with Crippen LogP contribution in [0.3, 0.4) is 0 Å². The van der Waals surface area contributed by atoms with E-state index < -0.39 is 12.1 Å². The normalized spacial score (nSPS) is 12.7. The number of carbonyl (C=O) groups is 2. The van der Waals surface area contributed by atoms with Crippen LogP contribution < -0.4 is 15.4 Å². The van der Waals surface area contributed by atoms with Crippen LogP contribution in [-0.2, 0) is 9.59 Å². The Labute approximate surface area is 182 Å². The topological polar surface area (TPSA) is 98.1 Å². The van der Waals surface area contributed by atoms with E-state index in [-0.39, 0.29) is 11.8 Å². The van der Waals surface area contributed by atoms with Crippen molar-refractivity contribution in [2.75, 3.05) is 10.6 Å². The first-order chi connectivity index (χ1) is 14.3. The zero-order valence-electron chi connectivity index (χ0n) is 16.8. The molecule has 0 aliphatic heterocycles. The molecule has 9 heteroatoms. The molecule has 30 heavy (non-hydrogen) atoms. The number of benzene rings is 2. The van der Waals surface area contributed by atoms with Gasteiger partial charge in [0.25, 0.3) is 5.91 Å². The summed E-state index contributed by atoms with van der Waals surface area (Å²) in [6.45, 7) is 5.39. The summed E-state index contributed by atoms with van der Waals surface area (Å²) < 4.78 is 8.01. The van der Waals surface area contributed by atoms with Gasteiger partial charge >= 0.3 is 0 Å². The lowest BCUT2D eigenvalue weighted by Gasteiger charge is -2.16.